The maximum atomic E-state index is 5.63. The molecule has 5 nitrogen and oxygen atoms in total. The van der Waals surface area contributed by atoms with Crippen LogP contribution in [-0.2, 0) is 6.54 Å². The molecule has 0 saturated carbocycles. The summed E-state index contributed by atoms with van der Waals surface area (Å²) in [5.41, 5.74) is 3.48. The van der Waals surface area contributed by atoms with Crippen LogP contribution >= 0.6 is 12.2 Å². The number of methoxy groups -OCH3 is 2. The zero-order chi connectivity index (χ0) is 19.2. The molecule has 2 aromatic rings. The third kappa shape index (κ3) is 5.11. The van der Waals surface area contributed by atoms with Gasteiger partial charge >= 0.3 is 0 Å². The van der Waals surface area contributed by atoms with E-state index in [0.29, 0.717) is 0 Å². The van der Waals surface area contributed by atoms with Crippen LogP contribution in [0.3, 0.4) is 0 Å². The summed E-state index contributed by atoms with van der Waals surface area (Å²) in [6.45, 7) is 6.90. The summed E-state index contributed by atoms with van der Waals surface area (Å²) in [5, 5.41) is 4.03. The Morgan fingerprint density at radius 3 is 2.33 bits per heavy atom. The molecule has 0 aliphatic carbocycles. The van der Waals surface area contributed by atoms with E-state index in [1.807, 2.05) is 18.2 Å². The maximum Gasteiger partial charge on any atom is 0.173 e. The average Bonchev–Trinajstić information content (AvgIpc) is 2.70. The third-order valence-corrected chi connectivity index (χ3v) is 5.19. The van der Waals surface area contributed by atoms with Crippen LogP contribution < -0.4 is 14.8 Å². The largest absolute Gasteiger partial charge is 0.497 e. The summed E-state index contributed by atoms with van der Waals surface area (Å²) < 4.78 is 10.7. The van der Waals surface area contributed by atoms with Crippen molar-refractivity contribution < 1.29 is 9.47 Å². The summed E-state index contributed by atoms with van der Waals surface area (Å²) in [6, 6.07) is 14.4. The van der Waals surface area contributed by atoms with Gasteiger partial charge in [-0.25, -0.2) is 0 Å². The van der Waals surface area contributed by atoms with Crippen LogP contribution in [0.1, 0.15) is 11.1 Å². The second-order valence-electron chi connectivity index (χ2n) is 6.75. The monoisotopic (exact) mass is 385 g/mol. The van der Waals surface area contributed by atoms with Crippen molar-refractivity contribution >= 4 is 23.0 Å². The molecule has 1 aliphatic rings. The van der Waals surface area contributed by atoms with Crippen LogP contribution in [0.15, 0.2) is 42.5 Å². The van der Waals surface area contributed by atoms with Gasteiger partial charge in [-0.2, -0.15) is 0 Å². The number of aryl methyl sites for hydroxylation is 1. The van der Waals surface area contributed by atoms with E-state index in [1.54, 1.807) is 14.2 Å². The van der Waals surface area contributed by atoms with Crippen molar-refractivity contribution in [2.24, 2.45) is 0 Å². The van der Waals surface area contributed by atoms with Gasteiger partial charge in [-0.15, -0.1) is 0 Å². The zero-order valence-corrected chi connectivity index (χ0v) is 17.0. The fourth-order valence-electron chi connectivity index (χ4n) is 3.17. The number of hydrogen-bond donors (Lipinski definition) is 1. The highest BCUT2D eigenvalue weighted by molar-refractivity contribution is 7.80. The van der Waals surface area contributed by atoms with E-state index >= 15 is 0 Å². The van der Waals surface area contributed by atoms with Gasteiger partial charge in [0.2, 0.25) is 0 Å². The quantitative estimate of drug-likeness (QED) is 0.794. The van der Waals surface area contributed by atoms with Crippen molar-refractivity contribution in [1.29, 1.82) is 0 Å². The predicted molar refractivity (Wildman–Crippen MR) is 114 cm³/mol. The van der Waals surface area contributed by atoms with Crippen molar-refractivity contribution in [2.45, 2.75) is 13.5 Å². The molecule has 1 saturated heterocycles. The SMILES string of the molecule is COc1ccc(OC)c(NC(=S)N2CCN(Cc3ccc(C)cc3)CC2)c1. The molecule has 0 unspecified atom stereocenters. The normalized spacial score (nSPS) is 14.7. The van der Waals surface area contributed by atoms with Gasteiger partial charge in [0.1, 0.15) is 11.5 Å². The Labute approximate surface area is 166 Å². The summed E-state index contributed by atoms with van der Waals surface area (Å²) in [5.74, 6) is 1.51. The van der Waals surface area contributed by atoms with E-state index in [-0.39, 0.29) is 0 Å². The number of rotatable bonds is 5. The first kappa shape index (κ1) is 19.5. The number of ether oxygens (including phenoxy) is 2. The lowest BCUT2D eigenvalue weighted by atomic mass is 10.1. The van der Waals surface area contributed by atoms with Crippen LogP contribution in [0.2, 0.25) is 0 Å². The van der Waals surface area contributed by atoms with Crippen LogP contribution in [0.5, 0.6) is 11.5 Å². The molecule has 0 atom stereocenters. The molecular formula is C21H27N3O2S. The molecule has 1 aliphatic heterocycles. The maximum absolute atomic E-state index is 5.63. The molecule has 0 bridgehead atoms. The van der Waals surface area contributed by atoms with Crippen molar-refractivity contribution in [1.82, 2.24) is 9.80 Å². The number of piperazine rings is 1. The molecule has 0 aromatic heterocycles. The molecule has 2 aromatic carbocycles. The first-order valence-corrected chi connectivity index (χ1v) is 9.55. The molecule has 144 valence electrons. The van der Waals surface area contributed by atoms with Gasteiger partial charge in [0.25, 0.3) is 0 Å². The minimum Gasteiger partial charge on any atom is -0.497 e. The van der Waals surface area contributed by atoms with Crippen molar-refractivity contribution in [3.63, 3.8) is 0 Å². The lowest BCUT2D eigenvalue weighted by molar-refractivity contribution is 0.177. The number of hydrogen-bond acceptors (Lipinski definition) is 4. The minimum atomic E-state index is 0.719. The first-order chi connectivity index (χ1) is 13.1. The standard InChI is InChI=1S/C21H27N3O2S/c1-16-4-6-17(7-5-16)15-23-10-12-24(13-11-23)21(27)22-19-14-18(25-2)8-9-20(19)26-3/h4-9,14H,10-13,15H2,1-3H3,(H,22,27). The summed E-state index contributed by atoms with van der Waals surface area (Å²) in [7, 11) is 3.30. The number of benzene rings is 2. The molecule has 1 N–H and O–H groups in total. The van der Waals surface area contributed by atoms with Crippen molar-refractivity contribution in [3.8, 4) is 11.5 Å². The topological polar surface area (TPSA) is 37.0 Å². The van der Waals surface area contributed by atoms with Gasteiger partial charge in [-0.05, 0) is 36.8 Å². The second-order valence-corrected chi connectivity index (χ2v) is 7.13. The van der Waals surface area contributed by atoms with Crippen LogP contribution in [0.25, 0.3) is 0 Å². The van der Waals surface area contributed by atoms with Crippen molar-refractivity contribution in [3.05, 3.63) is 53.6 Å². The Bertz CT molecular complexity index is 771. The van der Waals surface area contributed by atoms with Crippen molar-refractivity contribution in [2.75, 3.05) is 45.7 Å². The summed E-state index contributed by atoms with van der Waals surface area (Å²) in [4.78, 5) is 4.68. The zero-order valence-electron chi connectivity index (χ0n) is 16.2. The Morgan fingerprint density at radius 2 is 1.70 bits per heavy atom. The Balaban J connectivity index is 1.55. The van der Waals surface area contributed by atoms with Gasteiger partial charge in [0, 0.05) is 38.8 Å². The Hall–Kier alpha value is -2.31. The van der Waals surface area contributed by atoms with E-state index < -0.39 is 0 Å². The van der Waals surface area contributed by atoms with E-state index in [4.69, 9.17) is 21.7 Å². The highest BCUT2D eigenvalue weighted by atomic mass is 32.1. The molecule has 3 rings (SSSR count). The Kier molecular flexibility index (Phi) is 6.53. The fourth-order valence-corrected chi connectivity index (χ4v) is 3.46. The molecular weight excluding hydrogens is 358 g/mol. The van der Waals surface area contributed by atoms with Gasteiger partial charge in [-0.3, -0.25) is 4.90 Å². The second kappa shape index (κ2) is 9.06. The first-order valence-electron chi connectivity index (χ1n) is 9.15. The highest BCUT2D eigenvalue weighted by Gasteiger charge is 2.20. The lowest BCUT2D eigenvalue weighted by Crippen LogP contribution is -2.49. The Morgan fingerprint density at radius 1 is 1.00 bits per heavy atom. The molecule has 6 heteroatoms. The molecule has 1 heterocycles. The third-order valence-electron chi connectivity index (χ3n) is 4.83. The van der Waals surface area contributed by atoms with Crippen LogP contribution in [0, 0.1) is 6.92 Å². The van der Waals surface area contributed by atoms with E-state index in [0.717, 1.165) is 55.0 Å². The lowest BCUT2D eigenvalue weighted by Gasteiger charge is -2.36. The van der Waals surface area contributed by atoms with Gasteiger partial charge < -0.3 is 19.7 Å². The number of nitrogens with zero attached hydrogens (tertiary/aromatic N) is 2. The highest BCUT2D eigenvalue weighted by Crippen LogP contribution is 2.29. The smallest absolute Gasteiger partial charge is 0.173 e. The van der Waals surface area contributed by atoms with Gasteiger partial charge in [0.15, 0.2) is 5.11 Å². The van der Waals surface area contributed by atoms with Crippen LogP contribution in [0.4, 0.5) is 5.69 Å². The molecule has 0 spiro atoms. The van der Waals surface area contributed by atoms with E-state index in [1.165, 1.54) is 11.1 Å². The minimum absolute atomic E-state index is 0.719. The van der Waals surface area contributed by atoms with Gasteiger partial charge in [-0.1, -0.05) is 29.8 Å². The van der Waals surface area contributed by atoms with Crippen LogP contribution in [-0.4, -0.2) is 55.3 Å². The average molecular weight is 386 g/mol. The molecule has 0 radical (unpaired) electrons. The number of nitrogens with one attached hydrogen (secondary N) is 1. The van der Waals surface area contributed by atoms with Gasteiger partial charge in [0.05, 0.1) is 19.9 Å². The molecule has 27 heavy (non-hydrogen) atoms. The predicted octanol–water partition coefficient (Wildman–Crippen LogP) is 3.53. The fraction of sp³-hybridized carbons (Fsp3) is 0.381. The van der Waals surface area contributed by atoms with E-state index in [2.05, 4.69) is 46.3 Å². The summed E-state index contributed by atoms with van der Waals surface area (Å²) in [6.07, 6.45) is 0. The molecule has 1 fully saturated rings. The number of thiocarbonyl (C=S) groups is 1. The summed E-state index contributed by atoms with van der Waals surface area (Å²) >= 11 is 5.63. The van der Waals surface area contributed by atoms with E-state index in [9.17, 15) is 0 Å². The number of anilines is 1. The molecule has 0 amide bonds.